The molecule has 1 aromatic rings. The molecule has 0 aromatic carbocycles. The maximum Gasteiger partial charge on any atom is 0.321 e. The molecule has 0 bridgehead atoms. The summed E-state index contributed by atoms with van der Waals surface area (Å²) in [4.78, 5) is 11.5. The smallest absolute Gasteiger partial charge is 0.321 e. The Hall–Kier alpha value is -1.21. The van der Waals surface area contributed by atoms with Crippen molar-refractivity contribution < 1.29 is 9.53 Å². The van der Waals surface area contributed by atoms with Crippen LogP contribution in [0.5, 0.6) is 0 Å². The van der Waals surface area contributed by atoms with E-state index < -0.39 is 0 Å². The van der Waals surface area contributed by atoms with E-state index in [1.165, 1.54) is 11.3 Å². The molecule has 0 saturated carbocycles. The van der Waals surface area contributed by atoms with Crippen LogP contribution in [0.4, 0.5) is 9.93 Å². The molecule has 0 aliphatic heterocycles. The highest BCUT2D eigenvalue weighted by Crippen LogP contribution is 2.17. The van der Waals surface area contributed by atoms with E-state index in [0.717, 1.165) is 11.4 Å². The molecule has 0 saturated heterocycles. The van der Waals surface area contributed by atoms with E-state index >= 15 is 0 Å². The Morgan fingerprint density at radius 2 is 2.22 bits per heavy atom. The Balaban J connectivity index is 2.28. The SMILES string of the molecule is CCOCCNC(=O)Nc1nnc(CC(C)C)s1. The minimum Gasteiger partial charge on any atom is -0.380 e. The molecular formula is C11H20N4O2S. The third kappa shape index (κ3) is 5.92. The first-order valence-electron chi connectivity index (χ1n) is 6.06. The second-order valence-electron chi connectivity index (χ2n) is 4.18. The minimum absolute atomic E-state index is 0.276. The number of nitrogens with zero attached hydrogens (tertiary/aromatic N) is 2. The Labute approximate surface area is 111 Å². The van der Waals surface area contributed by atoms with Crippen LogP contribution in [0, 0.1) is 5.92 Å². The Morgan fingerprint density at radius 1 is 1.44 bits per heavy atom. The molecule has 1 aromatic heterocycles. The van der Waals surface area contributed by atoms with E-state index in [1.807, 2.05) is 6.92 Å². The molecule has 0 radical (unpaired) electrons. The van der Waals surface area contributed by atoms with Gasteiger partial charge in [-0.3, -0.25) is 5.32 Å². The summed E-state index contributed by atoms with van der Waals surface area (Å²) in [5, 5.41) is 14.7. The topological polar surface area (TPSA) is 76.1 Å². The maximum absolute atomic E-state index is 11.5. The third-order valence-electron chi connectivity index (χ3n) is 2.01. The van der Waals surface area contributed by atoms with Crippen LogP contribution in [-0.2, 0) is 11.2 Å². The first-order chi connectivity index (χ1) is 8.61. The lowest BCUT2D eigenvalue weighted by atomic mass is 10.1. The average molecular weight is 272 g/mol. The second kappa shape index (κ2) is 7.99. The van der Waals surface area contributed by atoms with Gasteiger partial charge in [0.05, 0.1) is 6.61 Å². The molecule has 7 heteroatoms. The predicted octanol–water partition coefficient (Wildman–Crippen LogP) is 1.89. The molecule has 0 spiro atoms. The van der Waals surface area contributed by atoms with Crippen molar-refractivity contribution in [2.24, 2.45) is 5.92 Å². The monoisotopic (exact) mass is 272 g/mol. The van der Waals surface area contributed by atoms with Crippen molar-refractivity contribution >= 4 is 22.5 Å². The van der Waals surface area contributed by atoms with Gasteiger partial charge in [0.2, 0.25) is 5.13 Å². The molecule has 0 aliphatic rings. The van der Waals surface area contributed by atoms with Crippen LogP contribution in [-0.4, -0.2) is 36.0 Å². The molecule has 102 valence electrons. The summed E-state index contributed by atoms with van der Waals surface area (Å²) in [5.74, 6) is 0.533. The maximum atomic E-state index is 11.5. The summed E-state index contributed by atoms with van der Waals surface area (Å²) in [6.45, 7) is 7.80. The van der Waals surface area contributed by atoms with Crippen LogP contribution in [0.25, 0.3) is 0 Å². The number of urea groups is 1. The molecule has 0 aliphatic carbocycles. The van der Waals surface area contributed by atoms with E-state index in [4.69, 9.17) is 4.74 Å². The molecule has 0 fully saturated rings. The van der Waals surface area contributed by atoms with Gasteiger partial charge in [-0.1, -0.05) is 25.2 Å². The molecule has 6 nitrogen and oxygen atoms in total. The van der Waals surface area contributed by atoms with Crippen LogP contribution in [0.1, 0.15) is 25.8 Å². The van der Waals surface area contributed by atoms with Crippen LogP contribution in [0.3, 0.4) is 0 Å². The number of nitrogens with one attached hydrogen (secondary N) is 2. The fraction of sp³-hybridized carbons (Fsp3) is 0.727. The van der Waals surface area contributed by atoms with Gasteiger partial charge in [-0.15, -0.1) is 10.2 Å². The third-order valence-corrected chi connectivity index (χ3v) is 2.87. The normalized spacial score (nSPS) is 10.7. The van der Waals surface area contributed by atoms with Gasteiger partial charge in [0, 0.05) is 19.6 Å². The number of aromatic nitrogens is 2. The summed E-state index contributed by atoms with van der Waals surface area (Å²) >= 11 is 1.41. The van der Waals surface area contributed by atoms with Crippen LogP contribution < -0.4 is 10.6 Å². The summed E-state index contributed by atoms with van der Waals surface area (Å²) in [6, 6.07) is -0.276. The zero-order valence-electron chi connectivity index (χ0n) is 11.0. The Morgan fingerprint density at radius 3 is 2.89 bits per heavy atom. The highest BCUT2D eigenvalue weighted by molar-refractivity contribution is 7.15. The number of hydrogen-bond donors (Lipinski definition) is 2. The molecule has 2 amide bonds. The lowest BCUT2D eigenvalue weighted by molar-refractivity contribution is 0.150. The van der Waals surface area contributed by atoms with Crippen LogP contribution in [0.2, 0.25) is 0 Å². The van der Waals surface area contributed by atoms with Crippen molar-refractivity contribution in [2.45, 2.75) is 27.2 Å². The summed E-state index contributed by atoms with van der Waals surface area (Å²) in [6.07, 6.45) is 0.880. The van der Waals surface area contributed by atoms with E-state index in [1.54, 1.807) is 0 Å². The zero-order chi connectivity index (χ0) is 13.4. The van der Waals surface area contributed by atoms with Crippen molar-refractivity contribution in [2.75, 3.05) is 25.1 Å². The standard InChI is InChI=1S/C11H20N4O2S/c1-4-17-6-5-12-10(16)13-11-15-14-9(18-11)7-8(2)3/h8H,4-7H2,1-3H3,(H2,12,13,15,16). The van der Waals surface area contributed by atoms with Gasteiger partial charge in [-0.2, -0.15) is 0 Å². The van der Waals surface area contributed by atoms with Gasteiger partial charge >= 0.3 is 6.03 Å². The number of ether oxygens (including phenoxy) is 1. The predicted molar refractivity (Wildman–Crippen MR) is 72.0 cm³/mol. The number of carbonyl (C=O) groups is 1. The molecule has 1 heterocycles. The zero-order valence-corrected chi connectivity index (χ0v) is 11.8. The van der Waals surface area contributed by atoms with Gasteiger partial charge < -0.3 is 10.1 Å². The lowest BCUT2D eigenvalue weighted by Gasteiger charge is -2.04. The minimum atomic E-state index is -0.276. The van der Waals surface area contributed by atoms with Gasteiger partial charge in [-0.25, -0.2) is 4.79 Å². The van der Waals surface area contributed by atoms with Gasteiger partial charge in [0.15, 0.2) is 0 Å². The largest absolute Gasteiger partial charge is 0.380 e. The first kappa shape index (κ1) is 14.8. The van der Waals surface area contributed by atoms with Crippen molar-refractivity contribution in [3.8, 4) is 0 Å². The molecule has 0 unspecified atom stereocenters. The fourth-order valence-electron chi connectivity index (χ4n) is 1.26. The van der Waals surface area contributed by atoms with E-state index in [2.05, 4.69) is 34.7 Å². The first-order valence-corrected chi connectivity index (χ1v) is 6.88. The molecule has 2 N–H and O–H groups in total. The van der Waals surface area contributed by atoms with E-state index in [-0.39, 0.29) is 6.03 Å². The number of amides is 2. The highest BCUT2D eigenvalue weighted by atomic mass is 32.1. The van der Waals surface area contributed by atoms with Crippen LogP contribution in [0.15, 0.2) is 0 Å². The number of carbonyl (C=O) groups excluding carboxylic acids is 1. The quantitative estimate of drug-likeness (QED) is 0.743. The van der Waals surface area contributed by atoms with Crippen molar-refractivity contribution in [3.05, 3.63) is 5.01 Å². The molecule has 1 rings (SSSR count). The van der Waals surface area contributed by atoms with E-state index in [0.29, 0.717) is 30.8 Å². The molecule has 0 atom stereocenters. The lowest BCUT2D eigenvalue weighted by Crippen LogP contribution is -2.31. The van der Waals surface area contributed by atoms with Gasteiger partial charge in [0.1, 0.15) is 5.01 Å². The van der Waals surface area contributed by atoms with E-state index in [9.17, 15) is 4.79 Å². The van der Waals surface area contributed by atoms with Gasteiger partial charge in [-0.05, 0) is 12.8 Å². The van der Waals surface area contributed by atoms with Crippen molar-refractivity contribution in [1.82, 2.24) is 15.5 Å². The number of rotatable bonds is 7. The molecule has 18 heavy (non-hydrogen) atoms. The average Bonchev–Trinajstić information content (AvgIpc) is 2.71. The van der Waals surface area contributed by atoms with Gasteiger partial charge in [0.25, 0.3) is 0 Å². The molecular weight excluding hydrogens is 252 g/mol. The Bertz CT molecular complexity index is 368. The number of anilines is 1. The Kier molecular flexibility index (Phi) is 6.59. The fourth-order valence-corrected chi connectivity index (χ4v) is 2.21. The number of hydrogen-bond acceptors (Lipinski definition) is 5. The van der Waals surface area contributed by atoms with Crippen molar-refractivity contribution in [3.63, 3.8) is 0 Å². The summed E-state index contributed by atoms with van der Waals surface area (Å²) in [5.41, 5.74) is 0. The van der Waals surface area contributed by atoms with Crippen LogP contribution >= 0.6 is 11.3 Å². The van der Waals surface area contributed by atoms with Crippen molar-refractivity contribution in [1.29, 1.82) is 0 Å². The summed E-state index contributed by atoms with van der Waals surface area (Å²) in [7, 11) is 0. The summed E-state index contributed by atoms with van der Waals surface area (Å²) < 4.78 is 5.11. The second-order valence-corrected chi connectivity index (χ2v) is 5.24. The highest BCUT2D eigenvalue weighted by Gasteiger charge is 2.08.